The van der Waals surface area contributed by atoms with Gasteiger partial charge in [0.2, 0.25) is 5.96 Å². The highest BCUT2D eigenvalue weighted by Gasteiger charge is 2.38. The average molecular weight is 221 g/mol. The molecule has 2 aliphatic heterocycles. The lowest BCUT2D eigenvalue weighted by Gasteiger charge is -2.36. The topological polar surface area (TPSA) is 63.8 Å². The van der Waals surface area contributed by atoms with Gasteiger partial charge in [-0.25, -0.2) is 5.43 Å². The zero-order valence-corrected chi connectivity index (χ0v) is 9.74. The Morgan fingerprint density at radius 1 is 1.31 bits per heavy atom. The minimum Gasteiger partial charge on any atom is -0.335 e. The predicted octanol–water partition coefficient (Wildman–Crippen LogP) is 1.56. The summed E-state index contributed by atoms with van der Waals surface area (Å²) in [5.41, 5.74) is 2.83. The van der Waals surface area contributed by atoms with Crippen LogP contribution in [-0.4, -0.2) is 35.5 Å². The van der Waals surface area contributed by atoms with Gasteiger partial charge in [-0.1, -0.05) is 0 Å². The van der Waals surface area contributed by atoms with E-state index in [1.54, 1.807) is 6.92 Å². The summed E-state index contributed by atoms with van der Waals surface area (Å²) in [6.45, 7) is 5.11. The van der Waals surface area contributed by atoms with Crippen LogP contribution < -0.4 is 5.43 Å². The third kappa shape index (κ3) is 2.08. The molecular weight excluding hydrogens is 202 g/mol. The van der Waals surface area contributed by atoms with Gasteiger partial charge in [0.25, 0.3) is 0 Å². The SMILES string of the molecule is C=NN/C(=N\C(C)=N)N1[C@@H]2CCC[C@H]1CC2. The average Bonchev–Trinajstić information content (AvgIpc) is 2.47. The Balaban J connectivity index is 2.19. The summed E-state index contributed by atoms with van der Waals surface area (Å²) in [5, 5.41) is 11.1. The standard InChI is InChI=1S/C11H19N5/c1-8(12)14-11(15-13-2)16-9-4-3-5-10(16)7-6-9/h9-10H,2-7H2,1H3,(H2,12,14,15)/t9-,10+. The summed E-state index contributed by atoms with van der Waals surface area (Å²) in [6.07, 6.45) is 6.24. The number of aliphatic imine (C=N–C) groups is 1. The molecule has 88 valence electrons. The maximum atomic E-state index is 7.46. The quantitative estimate of drug-likeness (QED) is 0.401. The van der Waals surface area contributed by atoms with E-state index >= 15 is 0 Å². The second-order valence-corrected chi connectivity index (χ2v) is 4.51. The molecule has 2 bridgehead atoms. The van der Waals surface area contributed by atoms with E-state index in [2.05, 4.69) is 27.1 Å². The fourth-order valence-corrected chi connectivity index (χ4v) is 2.83. The molecule has 2 fully saturated rings. The molecule has 0 unspecified atom stereocenters. The minimum absolute atomic E-state index is 0.302. The zero-order chi connectivity index (χ0) is 11.5. The van der Waals surface area contributed by atoms with Crippen molar-refractivity contribution in [2.75, 3.05) is 0 Å². The number of hydrogen-bond donors (Lipinski definition) is 2. The molecular formula is C11H19N5. The van der Waals surface area contributed by atoms with Gasteiger partial charge in [-0.05, 0) is 39.0 Å². The van der Waals surface area contributed by atoms with E-state index in [0.717, 1.165) is 0 Å². The van der Waals surface area contributed by atoms with Gasteiger partial charge >= 0.3 is 0 Å². The Morgan fingerprint density at radius 3 is 2.44 bits per heavy atom. The number of fused-ring (bicyclic) bond motifs is 2. The smallest absolute Gasteiger partial charge is 0.221 e. The highest BCUT2D eigenvalue weighted by molar-refractivity contribution is 5.93. The molecule has 0 amide bonds. The molecule has 2 rings (SSSR count). The number of piperidine rings is 1. The van der Waals surface area contributed by atoms with E-state index in [9.17, 15) is 0 Å². The molecule has 0 aromatic rings. The lowest BCUT2D eigenvalue weighted by atomic mass is 10.0. The molecule has 2 heterocycles. The number of hydrogen-bond acceptors (Lipinski definition) is 2. The van der Waals surface area contributed by atoms with E-state index in [1.807, 2.05) is 0 Å². The van der Waals surface area contributed by atoms with Gasteiger partial charge in [-0.3, -0.25) is 5.41 Å². The molecule has 2 N–H and O–H groups in total. The first-order chi connectivity index (χ1) is 7.72. The molecule has 5 heteroatoms. The van der Waals surface area contributed by atoms with Crippen molar-refractivity contribution in [2.24, 2.45) is 10.1 Å². The Hall–Kier alpha value is -1.39. The van der Waals surface area contributed by atoms with Crippen LogP contribution in [0.4, 0.5) is 0 Å². The van der Waals surface area contributed by atoms with Crippen molar-refractivity contribution in [2.45, 2.75) is 51.1 Å². The number of nitrogens with one attached hydrogen (secondary N) is 2. The lowest BCUT2D eigenvalue weighted by molar-refractivity contribution is 0.229. The molecule has 0 aromatic carbocycles. The molecule has 2 aliphatic rings. The monoisotopic (exact) mass is 221 g/mol. The fourth-order valence-electron chi connectivity index (χ4n) is 2.83. The van der Waals surface area contributed by atoms with E-state index < -0.39 is 0 Å². The summed E-state index contributed by atoms with van der Waals surface area (Å²) in [6, 6.07) is 1.15. The van der Waals surface area contributed by atoms with E-state index in [1.165, 1.54) is 32.1 Å². The molecule has 0 saturated carbocycles. The number of rotatable bonds is 1. The molecule has 16 heavy (non-hydrogen) atoms. The number of amidine groups is 1. The van der Waals surface area contributed by atoms with Crippen molar-refractivity contribution in [1.29, 1.82) is 5.41 Å². The summed E-state index contributed by atoms with van der Waals surface area (Å²) in [7, 11) is 0. The Labute approximate surface area is 96.1 Å². The van der Waals surface area contributed by atoms with Gasteiger partial charge in [0.1, 0.15) is 5.84 Å². The second-order valence-electron chi connectivity index (χ2n) is 4.51. The van der Waals surface area contributed by atoms with Crippen molar-refractivity contribution in [1.82, 2.24) is 10.3 Å². The van der Waals surface area contributed by atoms with Crippen LogP contribution in [0, 0.1) is 5.41 Å². The maximum absolute atomic E-state index is 7.46. The number of nitrogens with zero attached hydrogens (tertiary/aromatic N) is 3. The van der Waals surface area contributed by atoms with Crippen molar-refractivity contribution in [3.63, 3.8) is 0 Å². The predicted molar refractivity (Wildman–Crippen MR) is 66.0 cm³/mol. The molecule has 0 aliphatic carbocycles. The van der Waals surface area contributed by atoms with Crippen molar-refractivity contribution in [3.05, 3.63) is 0 Å². The molecule has 0 aromatic heterocycles. The second kappa shape index (κ2) is 4.63. The summed E-state index contributed by atoms with van der Waals surface area (Å²) >= 11 is 0. The van der Waals surface area contributed by atoms with Crippen LogP contribution in [0.2, 0.25) is 0 Å². The Bertz CT molecular complexity index is 306. The minimum atomic E-state index is 0.302. The van der Waals surface area contributed by atoms with Crippen LogP contribution in [0.1, 0.15) is 39.0 Å². The molecule has 0 radical (unpaired) electrons. The third-order valence-corrected chi connectivity index (χ3v) is 3.39. The maximum Gasteiger partial charge on any atom is 0.221 e. The number of guanidine groups is 1. The Kier molecular flexibility index (Phi) is 3.22. The van der Waals surface area contributed by atoms with E-state index in [0.29, 0.717) is 23.9 Å². The van der Waals surface area contributed by atoms with Crippen molar-refractivity contribution in [3.8, 4) is 0 Å². The van der Waals surface area contributed by atoms with Gasteiger partial charge in [0.05, 0.1) is 0 Å². The van der Waals surface area contributed by atoms with Gasteiger partial charge in [-0.15, -0.1) is 0 Å². The van der Waals surface area contributed by atoms with E-state index in [4.69, 9.17) is 5.41 Å². The third-order valence-electron chi connectivity index (χ3n) is 3.39. The van der Waals surface area contributed by atoms with Crippen LogP contribution in [0.3, 0.4) is 0 Å². The normalized spacial score (nSPS) is 29.1. The van der Waals surface area contributed by atoms with Crippen LogP contribution in [0.15, 0.2) is 10.1 Å². The van der Waals surface area contributed by atoms with Crippen LogP contribution in [-0.2, 0) is 0 Å². The van der Waals surface area contributed by atoms with Gasteiger partial charge < -0.3 is 4.90 Å². The van der Waals surface area contributed by atoms with Crippen LogP contribution in [0.5, 0.6) is 0 Å². The van der Waals surface area contributed by atoms with Crippen molar-refractivity contribution >= 4 is 18.5 Å². The first-order valence-electron chi connectivity index (χ1n) is 5.86. The highest BCUT2D eigenvalue weighted by Crippen LogP contribution is 2.35. The van der Waals surface area contributed by atoms with Gasteiger partial charge in [0, 0.05) is 18.8 Å². The molecule has 5 nitrogen and oxygen atoms in total. The zero-order valence-electron chi connectivity index (χ0n) is 9.74. The lowest BCUT2D eigenvalue weighted by Crippen LogP contribution is -2.49. The number of hydrazone groups is 1. The molecule has 0 spiro atoms. The summed E-state index contributed by atoms with van der Waals surface area (Å²) < 4.78 is 0. The largest absolute Gasteiger partial charge is 0.335 e. The van der Waals surface area contributed by atoms with Gasteiger partial charge in [-0.2, -0.15) is 10.1 Å². The highest BCUT2D eigenvalue weighted by atomic mass is 15.4. The van der Waals surface area contributed by atoms with E-state index in [-0.39, 0.29) is 0 Å². The summed E-state index contributed by atoms with van der Waals surface area (Å²) in [4.78, 5) is 6.51. The fraction of sp³-hybridized carbons (Fsp3) is 0.727. The molecule has 2 atom stereocenters. The first kappa shape index (κ1) is 11.1. The Morgan fingerprint density at radius 2 is 1.94 bits per heavy atom. The van der Waals surface area contributed by atoms with Crippen LogP contribution >= 0.6 is 0 Å². The van der Waals surface area contributed by atoms with Gasteiger partial charge in [0.15, 0.2) is 0 Å². The first-order valence-corrected chi connectivity index (χ1v) is 5.86. The molecule has 2 saturated heterocycles. The summed E-state index contributed by atoms with van der Waals surface area (Å²) in [5.74, 6) is 1.01. The van der Waals surface area contributed by atoms with Crippen molar-refractivity contribution < 1.29 is 0 Å². The van der Waals surface area contributed by atoms with Crippen LogP contribution in [0.25, 0.3) is 0 Å².